The summed E-state index contributed by atoms with van der Waals surface area (Å²) in [6.07, 6.45) is 5.90. The molecule has 2 atom stereocenters. The highest BCUT2D eigenvalue weighted by atomic mass is 16.5. The Morgan fingerprint density at radius 3 is 2.63 bits per heavy atom. The lowest BCUT2D eigenvalue weighted by Gasteiger charge is -2.24. The second-order valence-corrected chi connectivity index (χ2v) is 7.54. The van der Waals surface area contributed by atoms with Crippen LogP contribution in [0.25, 0.3) is 0 Å². The van der Waals surface area contributed by atoms with Crippen LogP contribution in [0.3, 0.4) is 0 Å². The summed E-state index contributed by atoms with van der Waals surface area (Å²) in [6.45, 7) is 8.54. The fourth-order valence-corrected chi connectivity index (χ4v) is 4.10. The second kappa shape index (κ2) is 9.22. The molecule has 3 aromatic rings. The normalized spacial score (nSPS) is 16.3. The average Bonchev–Trinajstić information content (AvgIpc) is 3.54. The Balaban J connectivity index is 1.70. The van der Waals surface area contributed by atoms with E-state index in [1.807, 2.05) is 42.5 Å². The predicted molar refractivity (Wildman–Crippen MR) is 114 cm³/mol. The number of ether oxygens (including phenoxy) is 2. The molecule has 1 aromatic carbocycles. The van der Waals surface area contributed by atoms with Crippen LogP contribution in [0.4, 0.5) is 0 Å². The molecular weight excluding hydrogens is 380 g/mol. The molecular formula is C24H28N2O4. The monoisotopic (exact) mass is 408 g/mol. The third-order valence-electron chi connectivity index (χ3n) is 5.67. The summed E-state index contributed by atoms with van der Waals surface area (Å²) in [5.74, 6) is 2.48. The van der Waals surface area contributed by atoms with Crippen molar-refractivity contribution >= 4 is 0 Å². The Labute approximate surface area is 177 Å². The molecule has 30 heavy (non-hydrogen) atoms. The van der Waals surface area contributed by atoms with E-state index in [0.29, 0.717) is 18.2 Å². The van der Waals surface area contributed by atoms with Gasteiger partial charge in [0.2, 0.25) is 0 Å². The Morgan fingerprint density at radius 2 is 1.93 bits per heavy atom. The Hall–Kier alpha value is -2.99. The van der Waals surface area contributed by atoms with Crippen LogP contribution in [0.5, 0.6) is 11.6 Å². The van der Waals surface area contributed by atoms with E-state index in [4.69, 9.17) is 18.4 Å². The van der Waals surface area contributed by atoms with Crippen molar-refractivity contribution in [1.29, 1.82) is 0 Å². The molecule has 1 saturated heterocycles. The number of furan rings is 1. The van der Waals surface area contributed by atoms with Crippen LogP contribution in [0.2, 0.25) is 0 Å². The Bertz CT molecular complexity index is 957. The quantitative estimate of drug-likeness (QED) is 0.446. The summed E-state index contributed by atoms with van der Waals surface area (Å²) >= 11 is 0. The first-order valence-electron chi connectivity index (χ1n) is 10.4. The van der Waals surface area contributed by atoms with Gasteiger partial charge in [-0.15, -0.1) is 6.58 Å². The van der Waals surface area contributed by atoms with E-state index in [1.165, 1.54) is 12.8 Å². The number of nitrogens with zero attached hydrogens (tertiary/aromatic N) is 2. The third kappa shape index (κ3) is 4.00. The molecule has 158 valence electrons. The first-order chi connectivity index (χ1) is 14.7. The van der Waals surface area contributed by atoms with Gasteiger partial charge in [-0.1, -0.05) is 43.3 Å². The second-order valence-electron chi connectivity index (χ2n) is 7.54. The maximum absolute atomic E-state index is 6.11. The third-order valence-corrected chi connectivity index (χ3v) is 5.67. The van der Waals surface area contributed by atoms with Gasteiger partial charge in [-0.25, -0.2) is 0 Å². The van der Waals surface area contributed by atoms with E-state index in [1.54, 1.807) is 13.4 Å². The minimum Gasteiger partial charge on any atom is -0.493 e. The number of hydrogen-bond donors (Lipinski definition) is 0. The molecule has 0 spiro atoms. The molecule has 0 saturated carbocycles. The van der Waals surface area contributed by atoms with Crippen LogP contribution < -0.4 is 9.47 Å². The maximum atomic E-state index is 6.11. The predicted octanol–water partition coefficient (Wildman–Crippen LogP) is 5.33. The zero-order chi connectivity index (χ0) is 20.9. The van der Waals surface area contributed by atoms with Crippen molar-refractivity contribution in [3.8, 4) is 11.6 Å². The zero-order valence-corrected chi connectivity index (χ0v) is 17.5. The summed E-state index contributed by atoms with van der Waals surface area (Å²) in [5.41, 5.74) is 1.94. The summed E-state index contributed by atoms with van der Waals surface area (Å²) < 4.78 is 23.2. The van der Waals surface area contributed by atoms with Gasteiger partial charge in [0.05, 0.1) is 30.9 Å². The van der Waals surface area contributed by atoms with Gasteiger partial charge in [-0.05, 0) is 36.7 Å². The molecule has 0 N–H and O–H groups in total. The molecule has 0 radical (unpaired) electrons. The highest BCUT2D eigenvalue weighted by Crippen LogP contribution is 2.42. The van der Waals surface area contributed by atoms with E-state index >= 15 is 0 Å². The lowest BCUT2D eigenvalue weighted by atomic mass is 9.95. The molecule has 0 bridgehead atoms. The number of benzene rings is 1. The minimum atomic E-state index is -0.160. The van der Waals surface area contributed by atoms with Gasteiger partial charge in [0, 0.05) is 6.07 Å². The molecule has 4 rings (SSSR count). The number of aromatic nitrogens is 1. The van der Waals surface area contributed by atoms with E-state index in [0.717, 1.165) is 35.7 Å². The molecule has 6 nitrogen and oxygen atoms in total. The van der Waals surface area contributed by atoms with Gasteiger partial charge in [-0.2, -0.15) is 0 Å². The molecule has 3 heterocycles. The van der Waals surface area contributed by atoms with Crippen LogP contribution in [0, 0.1) is 0 Å². The van der Waals surface area contributed by atoms with Crippen molar-refractivity contribution in [3.63, 3.8) is 0 Å². The van der Waals surface area contributed by atoms with Crippen molar-refractivity contribution in [2.75, 3.05) is 20.2 Å². The molecule has 1 aliphatic heterocycles. The average molecular weight is 408 g/mol. The Kier molecular flexibility index (Phi) is 6.23. The number of rotatable bonds is 9. The first kappa shape index (κ1) is 20.3. The van der Waals surface area contributed by atoms with Gasteiger partial charge < -0.3 is 18.4 Å². The smallest absolute Gasteiger partial charge is 0.258 e. The zero-order valence-electron chi connectivity index (χ0n) is 17.5. The van der Waals surface area contributed by atoms with E-state index < -0.39 is 0 Å². The van der Waals surface area contributed by atoms with Gasteiger partial charge in [0.1, 0.15) is 6.61 Å². The lowest BCUT2D eigenvalue weighted by molar-refractivity contribution is 0.227. The number of likely N-dealkylation sites (tertiary alicyclic amines) is 1. The van der Waals surface area contributed by atoms with E-state index in [9.17, 15) is 0 Å². The lowest BCUT2D eigenvalue weighted by Crippen LogP contribution is -2.24. The van der Waals surface area contributed by atoms with Crippen molar-refractivity contribution in [2.24, 2.45) is 0 Å². The molecule has 0 aliphatic carbocycles. The van der Waals surface area contributed by atoms with Crippen molar-refractivity contribution < 1.29 is 18.4 Å². The fourth-order valence-electron chi connectivity index (χ4n) is 4.10. The van der Waals surface area contributed by atoms with Gasteiger partial charge in [0.25, 0.3) is 5.88 Å². The highest BCUT2D eigenvalue weighted by Gasteiger charge is 2.34. The highest BCUT2D eigenvalue weighted by molar-refractivity contribution is 5.43. The van der Waals surface area contributed by atoms with Crippen molar-refractivity contribution in [1.82, 2.24) is 10.1 Å². The summed E-state index contributed by atoms with van der Waals surface area (Å²) in [7, 11) is 1.64. The van der Waals surface area contributed by atoms with Crippen molar-refractivity contribution in [2.45, 2.75) is 38.3 Å². The Morgan fingerprint density at radius 1 is 1.17 bits per heavy atom. The topological polar surface area (TPSA) is 60.9 Å². The SMILES string of the molecule is C=CC(c1onc(OCc2ccccc2)c1C(C)c1occc1OC)N1CCCC1. The van der Waals surface area contributed by atoms with E-state index in [2.05, 4.69) is 23.6 Å². The van der Waals surface area contributed by atoms with Crippen LogP contribution in [0.15, 0.2) is 64.3 Å². The standard InChI is InChI=1S/C24H28N2O4/c1-4-19(26-13-8-9-14-26)23-21(17(2)22-20(27-3)12-15-28-22)24(25-30-23)29-16-18-10-6-5-7-11-18/h4-7,10-12,15,17,19H,1,8-9,13-14,16H2,2-3H3. The van der Waals surface area contributed by atoms with Crippen molar-refractivity contribution in [3.05, 3.63) is 78.0 Å². The summed E-state index contributed by atoms with van der Waals surface area (Å²) in [4.78, 5) is 2.37. The van der Waals surface area contributed by atoms with Gasteiger partial charge in [-0.3, -0.25) is 4.90 Å². The van der Waals surface area contributed by atoms with Crippen LogP contribution in [-0.2, 0) is 6.61 Å². The molecule has 0 amide bonds. The molecule has 6 heteroatoms. The first-order valence-corrected chi connectivity index (χ1v) is 10.4. The fraction of sp³-hybridized carbons (Fsp3) is 0.375. The molecule has 1 aliphatic rings. The molecule has 2 unspecified atom stereocenters. The van der Waals surface area contributed by atoms with E-state index in [-0.39, 0.29) is 12.0 Å². The van der Waals surface area contributed by atoms with Crippen LogP contribution in [-0.4, -0.2) is 30.3 Å². The molecule has 1 fully saturated rings. The summed E-state index contributed by atoms with van der Waals surface area (Å²) in [5, 5.41) is 4.30. The van der Waals surface area contributed by atoms with Crippen LogP contribution in [0.1, 0.15) is 54.4 Å². The minimum absolute atomic E-state index is 0.0625. The molecule has 2 aromatic heterocycles. The van der Waals surface area contributed by atoms with Gasteiger partial charge >= 0.3 is 0 Å². The number of hydrogen-bond acceptors (Lipinski definition) is 6. The maximum Gasteiger partial charge on any atom is 0.258 e. The largest absolute Gasteiger partial charge is 0.493 e. The summed E-state index contributed by atoms with van der Waals surface area (Å²) in [6, 6.07) is 11.8. The van der Waals surface area contributed by atoms with Crippen LogP contribution >= 0.6 is 0 Å². The number of methoxy groups -OCH3 is 1. The van der Waals surface area contributed by atoms with Gasteiger partial charge in [0.15, 0.2) is 17.3 Å².